The van der Waals surface area contributed by atoms with Crippen LogP contribution in [0.25, 0.3) is 35.9 Å². The van der Waals surface area contributed by atoms with E-state index in [0.29, 0.717) is 0 Å². The Labute approximate surface area is 244 Å². The van der Waals surface area contributed by atoms with Crippen molar-refractivity contribution in [2.45, 2.75) is 0 Å². The van der Waals surface area contributed by atoms with Gasteiger partial charge in [-0.05, 0) is 77.1 Å². The van der Waals surface area contributed by atoms with E-state index < -0.39 is 0 Å². The molecule has 0 bridgehead atoms. The minimum atomic E-state index is 1.13. The van der Waals surface area contributed by atoms with Crippen LogP contribution in [0, 0.1) is 20.9 Å². The van der Waals surface area contributed by atoms with Crippen LogP contribution < -0.4 is 30.7 Å². The van der Waals surface area contributed by atoms with Crippen molar-refractivity contribution in [3.05, 3.63) is 187 Å². The molecule has 0 aromatic heterocycles. The molecule has 42 heavy (non-hydrogen) atoms. The van der Waals surface area contributed by atoms with Gasteiger partial charge in [0.25, 0.3) is 0 Å². The maximum absolute atomic E-state index is 2.23. The number of nitrogens with zero attached hydrogens (tertiary/aromatic N) is 2. The monoisotopic (exact) mass is 536 g/mol. The summed E-state index contributed by atoms with van der Waals surface area (Å²) in [6.45, 7) is 0. The van der Waals surface area contributed by atoms with E-state index in [9.17, 15) is 0 Å². The third kappa shape index (κ3) is 4.31. The molecule has 198 valence electrons. The molecular weight excluding hydrogens is 508 g/mol. The quantitative estimate of drug-likeness (QED) is 0.277. The Bertz CT molecular complexity index is 2110. The van der Waals surface area contributed by atoms with Crippen molar-refractivity contribution in [2.24, 2.45) is 0 Å². The zero-order chi connectivity index (χ0) is 27.9. The molecule has 0 spiro atoms. The van der Waals surface area contributed by atoms with Gasteiger partial charge in [-0.25, -0.2) is 0 Å². The summed E-state index contributed by atoms with van der Waals surface area (Å²) in [6.07, 6.45) is 8.90. The minimum absolute atomic E-state index is 1.13. The molecule has 6 aromatic rings. The van der Waals surface area contributed by atoms with E-state index in [1.54, 1.807) is 0 Å². The summed E-state index contributed by atoms with van der Waals surface area (Å²) in [5.74, 6) is 0. The number of benzene rings is 6. The molecule has 2 aliphatic heterocycles. The highest BCUT2D eigenvalue weighted by molar-refractivity contribution is 5.77. The van der Waals surface area contributed by atoms with E-state index in [0.717, 1.165) is 11.4 Å². The smallest absolute Gasteiger partial charge is 0.0450 e. The number of rotatable bonds is 3. The van der Waals surface area contributed by atoms with Gasteiger partial charge in [0, 0.05) is 36.2 Å². The molecule has 0 N–H and O–H groups in total. The Kier molecular flexibility index (Phi) is 5.82. The van der Waals surface area contributed by atoms with Gasteiger partial charge in [0.2, 0.25) is 0 Å². The molecule has 0 aliphatic carbocycles. The van der Waals surface area contributed by atoms with Crippen molar-refractivity contribution in [2.75, 3.05) is 9.80 Å². The second-order valence-electron chi connectivity index (χ2n) is 10.8. The maximum Gasteiger partial charge on any atom is 0.0450 e. The largest absolute Gasteiger partial charge is 0.323 e. The Balaban J connectivity index is 1.13. The van der Waals surface area contributed by atoms with Crippen molar-refractivity contribution in [3.8, 4) is 11.1 Å². The van der Waals surface area contributed by atoms with E-state index in [2.05, 4.69) is 180 Å². The lowest BCUT2D eigenvalue weighted by Crippen LogP contribution is -2.14. The van der Waals surface area contributed by atoms with E-state index in [1.807, 2.05) is 0 Å². The second-order valence-corrected chi connectivity index (χ2v) is 10.8. The van der Waals surface area contributed by atoms with Crippen LogP contribution >= 0.6 is 0 Å². The molecule has 6 aromatic carbocycles. The fraction of sp³-hybridized carbons (Fsp3) is 0. The molecule has 0 fully saturated rings. The Morgan fingerprint density at radius 1 is 0.262 bits per heavy atom. The normalized spacial score (nSPS) is 13.0. The van der Waals surface area contributed by atoms with Crippen LogP contribution in [-0.2, 0) is 0 Å². The number of hydrogen-bond donors (Lipinski definition) is 0. The fourth-order valence-electron chi connectivity index (χ4n) is 6.04. The Morgan fingerprint density at radius 3 is 0.810 bits per heavy atom. The summed E-state index contributed by atoms with van der Waals surface area (Å²) in [6, 6.07) is 52.1. The van der Waals surface area contributed by atoms with Crippen LogP contribution in [0.15, 0.2) is 146 Å². The Hall–Kier alpha value is -5.60. The van der Waals surface area contributed by atoms with E-state index in [4.69, 9.17) is 0 Å². The first kappa shape index (κ1) is 24.2. The zero-order valence-corrected chi connectivity index (χ0v) is 23.1. The van der Waals surface area contributed by atoms with Gasteiger partial charge >= 0.3 is 0 Å². The van der Waals surface area contributed by atoms with Gasteiger partial charge < -0.3 is 9.80 Å². The van der Waals surface area contributed by atoms with E-state index in [-0.39, 0.29) is 0 Å². The second kappa shape index (κ2) is 10.1. The third-order valence-electron chi connectivity index (χ3n) is 8.20. The first-order valence-corrected chi connectivity index (χ1v) is 14.3. The summed E-state index contributed by atoms with van der Waals surface area (Å²) < 4.78 is 0. The predicted molar refractivity (Wildman–Crippen MR) is 174 cm³/mol. The van der Waals surface area contributed by atoms with Gasteiger partial charge in [0.05, 0.1) is 0 Å². The topological polar surface area (TPSA) is 6.48 Å². The van der Waals surface area contributed by atoms with Gasteiger partial charge in [-0.1, -0.05) is 121 Å². The number of anilines is 2. The van der Waals surface area contributed by atoms with Crippen LogP contribution in [-0.4, -0.2) is 0 Å². The lowest BCUT2D eigenvalue weighted by atomic mass is 10.0. The highest BCUT2D eigenvalue weighted by Gasteiger charge is 2.08. The molecule has 8 rings (SSSR count). The van der Waals surface area contributed by atoms with Gasteiger partial charge in [0.1, 0.15) is 0 Å². The molecule has 2 heterocycles. The molecule has 0 saturated heterocycles. The number of hydrogen-bond acceptors (Lipinski definition) is 2. The lowest BCUT2D eigenvalue weighted by Gasteiger charge is -2.17. The summed E-state index contributed by atoms with van der Waals surface area (Å²) in [4.78, 5) is 4.47. The first-order chi connectivity index (χ1) is 20.8. The van der Waals surface area contributed by atoms with Gasteiger partial charge in [0.15, 0.2) is 0 Å². The third-order valence-corrected chi connectivity index (χ3v) is 8.20. The molecule has 0 amide bonds. The molecule has 0 atom stereocenters. The van der Waals surface area contributed by atoms with Crippen molar-refractivity contribution in [1.29, 1.82) is 0 Å². The van der Waals surface area contributed by atoms with Crippen LogP contribution in [0.3, 0.4) is 0 Å². The van der Waals surface area contributed by atoms with E-state index in [1.165, 1.54) is 52.9 Å². The first-order valence-electron chi connectivity index (χ1n) is 14.3. The van der Waals surface area contributed by atoms with E-state index >= 15 is 0 Å². The average molecular weight is 537 g/mol. The molecular formula is C40H28N2. The van der Waals surface area contributed by atoms with Crippen LogP contribution in [0.2, 0.25) is 0 Å². The molecule has 2 heteroatoms. The van der Waals surface area contributed by atoms with Gasteiger partial charge in [-0.3, -0.25) is 0 Å². The minimum Gasteiger partial charge on any atom is -0.323 e. The van der Waals surface area contributed by atoms with Crippen molar-refractivity contribution < 1.29 is 0 Å². The van der Waals surface area contributed by atoms with Crippen molar-refractivity contribution in [1.82, 2.24) is 0 Å². The van der Waals surface area contributed by atoms with Crippen molar-refractivity contribution >= 4 is 36.2 Å². The summed E-state index contributed by atoms with van der Waals surface area (Å²) >= 11 is 0. The lowest BCUT2D eigenvalue weighted by molar-refractivity contribution is 1.39. The highest BCUT2D eigenvalue weighted by atomic mass is 15.1. The molecule has 0 saturated carbocycles. The summed E-state index contributed by atoms with van der Waals surface area (Å²) in [5, 5.41) is 9.89. The number of fused-ring (bicyclic) bond motifs is 4. The summed E-state index contributed by atoms with van der Waals surface area (Å²) in [7, 11) is 0. The van der Waals surface area contributed by atoms with Crippen molar-refractivity contribution in [3.63, 3.8) is 0 Å². The SMILES string of the molecule is C1=c2ccccc2=c2ccccc2=CN1c1ccc(-c2ccc(N3C=c4ccccc4=c4ccccc4=C3)cc2)cc1. The van der Waals surface area contributed by atoms with Gasteiger partial charge in [-0.2, -0.15) is 0 Å². The molecule has 0 radical (unpaired) electrons. The van der Waals surface area contributed by atoms with Crippen LogP contribution in [0.1, 0.15) is 0 Å². The zero-order valence-electron chi connectivity index (χ0n) is 23.1. The molecule has 2 aliphatic rings. The molecule has 0 unspecified atom stereocenters. The Morgan fingerprint density at radius 2 is 0.524 bits per heavy atom. The fourth-order valence-corrected chi connectivity index (χ4v) is 6.04. The average Bonchev–Trinajstić information content (AvgIpc) is 3.33. The van der Waals surface area contributed by atoms with Crippen LogP contribution in [0.5, 0.6) is 0 Å². The highest BCUT2D eigenvalue weighted by Crippen LogP contribution is 2.27. The predicted octanol–water partition coefficient (Wildman–Crippen LogP) is 5.92. The summed E-state index contributed by atoms with van der Waals surface area (Å²) in [5.41, 5.74) is 4.65. The maximum atomic E-state index is 2.23. The van der Waals surface area contributed by atoms with Gasteiger partial charge in [-0.15, -0.1) is 0 Å². The standard InChI is InChI=1S/C40H28N2/c1-5-13-37-31(9-1)25-41(26-32-10-2-6-14-38(32)37)35-21-17-29(18-22-35)30-19-23-36(24-20-30)42-27-33-11-3-7-15-39(33)40-16-8-4-12-34(40)28-42/h1-28H. The molecule has 2 nitrogen and oxygen atoms in total. The van der Waals surface area contributed by atoms with Crippen LogP contribution in [0.4, 0.5) is 11.4 Å².